The number of benzene rings is 1. The van der Waals surface area contributed by atoms with Crippen LogP contribution in [0.15, 0.2) is 22.7 Å². The third-order valence-corrected chi connectivity index (χ3v) is 4.43. The van der Waals surface area contributed by atoms with Gasteiger partial charge in [0.15, 0.2) is 0 Å². The smallest absolute Gasteiger partial charge is 0.149 e. The molecule has 1 N–H and O–H groups in total. The number of nitrogens with one attached hydrogen (secondary N) is 1. The van der Waals surface area contributed by atoms with Crippen molar-refractivity contribution in [2.45, 2.75) is 6.92 Å². The molecule has 3 rings (SSSR count). The van der Waals surface area contributed by atoms with Crippen molar-refractivity contribution in [3.05, 3.63) is 34.2 Å². The zero-order valence-corrected chi connectivity index (χ0v) is 13.5. The van der Waals surface area contributed by atoms with Crippen LogP contribution in [0, 0.1) is 12.7 Å². The fourth-order valence-electron chi connectivity index (χ4n) is 2.52. The van der Waals surface area contributed by atoms with Crippen LogP contribution < -0.4 is 10.2 Å². The highest BCUT2D eigenvalue weighted by Crippen LogP contribution is 2.36. The number of anilines is 1. The number of aromatic nitrogens is 1. The Morgan fingerprint density at radius 1 is 1.30 bits per heavy atom. The summed E-state index contributed by atoms with van der Waals surface area (Å²) in [6, 6.07) is 5.14. The zero-order chi connectivity index (χ0) is 13.4. The van der Waals surface area contributed by atoms with Crippen molar-refractivity contribution >= 4 is 44.9 Å². The summed E-state index contributed by atoms with van der Waals surface area (Å²) in [5.74, 6) is -0.260. The second kappa shape index (κ2) is 6.24. The van der Waals surface area contributed by atoms with Crippen molar-refractivity contribution in [2.24, 2.45) is 0 Å². The van der Waals surface area contributed by atoms with Crippen LogP contribution in [0.1, 0.15) is 5.69 Å². The Bertz CT molecular complexity index is 629. The van der Waals surface area contributed by atoms with Gasteiger partial charge in [-0.2, -0.15) is 0 Å². The maximum absolute atomic E-state index is 13.9. The van der Waals surface area contributed by atoms with E-state index in [1.165, 1.54) is 6.07 Å². The molecule has 2 heterocycles. The number of para-hydroxylation sites is 1. The molecule has 1 aliphatic rings. The standard InChI is InChI=1S/C14H15BrFN3.ClH/c1-9-12(15)14(19-7-5-17-6-8-19)10-3-2-4-11(16)13(10)18-9;/h2-4,17H,5-8H2,1H3;1H. The van der Waals surface area contributed by atoms with Crippen LogP contribution >= 0.6 is 28.3 Å². The van der Waals surface area contributed by atoms with Crippen molar-refractivity contribution in [3.8, 4) is 0 Å². The first-order valence-corrected chi connectivity index (χ1v) is 7.18. The Labute approximate surface area is 132 Å². The average molecular weight is 361 g/mol. The first-order chi connectivity index (χ1) is 9.18. The maximum Gasteiger partial charge on any atom is 0.149 e. The normalized spacial score (nSPS) is 15.2. The molecule has 6 heteroatoms. The lowest BCUT2D eigenvalue weighted by Gasteiger charge is -2.31. The Morgan fingerprint density at radius 3 is 2.70 bits per heavy atom. The van der Waals surface area contributed by atoms with Gasteiger partial charge in [-0.25, -0.2) is 9.37 Å². The lowest BCUT2D eigenvalue weighted by molar-refractivity contribution is 0.589. The van der Waals surface area contributed by atoms with E-state index in [9.17, 15) is 4.39 Å². The van der Waals surface area contributed by atoms with Crippen molar-refractivity contribution in [2.75, 3.05) is 31.1 Å². The molecule has 108 valence electrons. The van der Waals surface area contributed by atoms with Crippen LogP contribution in [0.4, 0.5) is 10.1 Å². The van der Waals surface area contributed by atoms with Crippen molar-refractivity contribution < 1.29 is 4.39 Å². The lowest BCUT2D eigenvalue weighted by atomic mass is 10.1. The number of fused-ring (bicyclic) bond motifs is 1. The summed E-state index contributed by atoms with van der Waals surface area (Å²) in [4.78, 5) is 6.65. The van der Waals surface area contributed by atoms with Crippen molar-refractivity contribution in [1.82, 2.24) is 10.3 Å². The molecular weight excluding hydrogens is 345 g/mol. The Balaban J connectivity index is 0.00000147. The minimum atomic E-state index is -0.260. The van der Waals surface area contributed by atoms with Crippen molar-refractivity contribution in [3.63, 3.8) is 0 Å². The van der Waals surface area contributed by atoms with Crippen LogP contribution in [0.25, 0.3) is 10.9 Å². The quantitative estimate of drug-likeness (QED) is 0.846. The molecule has 0 radical (unpaired) electrons. The van der Waals surface area contributed by atoms with Gasteiger partial charge in [0.05, 0.1) is 15.9 Å². The van der Waals surface area contributed by atoms with E-state index in [0.29, 0.717) is 5.52 Å². The van der Waals surface area contributed by atoms with Crippen molar-refractivity contribution in [1.29, 1.82) is 0 Å². The van der Waals surface area contributed by atoms with Crippen LogP contribution in [-0.2, 0) is 0 Å². The number of hydrogen-bond donors (Lipinski definition) is 1. The highest BCUT2D eigenvalue weighted by atomic mass is 79.9. The first-order valence-electron chi connectivity index (χ1n) is 6.38. The second-order valence-corrected chi connectivity index (χ2v) is 5.53. The molecule has 0 atom stereocenters. The van der Waals surface area contributed by atoms with E-state index in [0.717, 1.165) is 47.4 Å². The summed E-state index contributed by atoms with van der Waals surface area (Å²) in [5.41, 5.74) is 2.34. The molecule has 1 saturated heterocycles. The van der Waals surface area contributed by atoms with Gasteiger partial charge in [0, 0.05) is 31.6 Å². The van der Waals surface area contributed by atoms with Crippen LogP contribution in [-0.4, -0.2) is 31.2 Å². The summed E-state index contributed by atoms with van der Waals surface area (Å²) >= 11 is 3.61. The lowest BCUT2D eigenvalue weighted by Crippen LogP contribution is -2.43. The number of rotatable bonds is 1. The van der Waals surface area contributed by atoms with E-state index in [1.807, 2.05) is 13.0 Å². The van der Waals surface area contributed by atoms with E-state index < -0.39 is 0 Å². The molecule has 1 fully saturated rings. The Hall–Kier alpha value is -0.910. The minimum absolute atomic E-state index is 0. The number of pyridine rings is 1. The predicted octanol–water partition coefficient (Wildman–Crippen LogP) is 3.28. The summed E-state index contributed by atoms with van der Waals surface area (Å²) in [7, 11) is 0. The van der Waals surface area contributed by atoms with E-state index in [-0.39, 0.29) is 18.2 Å². The third-order valence-electron chi connectivity index (χ3n) is 3.48. The largest absolute Gasteiger partial charge is 0.367 e. The average Bonchev–Trinajstić information content (AvgIpc) is 2.42. The molecule has 0 unspecified atom stereocenters. The predicted molar refractivity (Wildman–Crippen MR) is 86.5 cm³/mol. The molecule has 20 heavy (non-hydrogen) atoms. The molecule has 3 nitrogen and oxygen atoms in total. The molecular formula is C14H16BrClFN3. The number of nitrogens with zero attached hydrogens (tertiary/aromatic N) is 2. The van der Waals surface area contributed by atoms with Gasteiger partial charge in [-0.15, -0.1) is 12.4 Å². The van der Waals surface area contributed by atoms with E-state index >= 15 is 0 Å². The van der Waals surface area contributed by atoms with Crippen LogP contribution in [0.5, 0.6) is 0 Å². The third kappa shape index (κ3) is 2.62. The number of aryl methyl sites for hydroxylation is 1. The number of piperazine rings is 1. The topological polar surface area (TPSA) is 28.2 Å². The second-order valence-electron chi connectivity index (χ2n) is 4.73. The van der Waals surface area contributed by atoms with E-state index in [4.69, 9.17) is 0 Å². The van der Waals surface area contributed by atoms with Gasteiger partial charge in [-0.1, -0.05) is 12.1 Å². The SMILES string of the molecule is Cc1nc2c(F)cccc2c(N2CCNCC2)c1Br.Cl. The van der Waals surface area contributed by atoms with Crippen LogP contribution in [0.2, 0.25) is 0 Å². The van der Waals surface area contributed by atoms with Gasteiger partial charge in [0.2, 0.25) is 0 Å². The molecule has 1 aromatic carbocycles. The molecule has 0 spiro atoms. The van der Waals surface area contributed by atoms with E-state index in [1.54, 1.807) is 6.07 Å². The summed E-state index contributed by atoms with van der Waals surface area (Å²) in [6.07, 6.45) is 0. The highest BCUT2D eigenvalue weighted by Gasteiger charge is 2.19. The van der Waals surface area contributed by atoms with Gasteiger partial charge in [-0.05, 0) is 28.9 Å². The Kier molecular flexibility index (Phi) is 4.83. The summed E-state index contributed by atoms with van der Waals surface area (Å²) in [6.45, 7) is 5.65. The summed E-state index contributed by atoms with van der Waals surface area (Å²) < 4.78 is 14.9. The molecule has 0 amide bonds. The highest BCUT2D eigenvalue weighted by molar-refractivity contribution is 9.10. The van der Waals surface area contributed by atoms with Gasteiger partial charge in [-0.3, -0.25) is 0 Å². The monoisotopic (exact) mass is 359 g/mol. The van der Waals surface area contributed by atoms with E-state index in [2.05, 4.69) is 31.1 Å². The number of hydrogen-bond acceptors (Lipinski definition) is 3. The minimum Gasteiger partial charge on any atom is -0.367 e. The van der Waals surface area contributed by atoms with Gasteiger partial charge < -0.3 is 10.2 Å². The first kappa shape index (κ1) is 15.5. The Morgan fingerprint density at radius 2 is 2.00 bits per heavy atom. The molecule has 0 aliphatic carbocycles. The molecule has 0 bridgehead atoms. The maximum atomic E-state index is 13.9. The van der Waals surface area contributed by atoms with Gasteiger partial charge in [0.25, 0.3) is 0 Å². The fraction of sp³-hybridized carbons (Fsp3) is 0.357. The molecule has 0 saturated carbocycles. The summed E-state index contributed by atoms with van der Waals surface area (Å²) in [5, 5.41) is 4.21. The van der Waals surface area contributed by atoms with Gasteiger partial charge in [0.1, 0.15) is 11.3 Å². The molecule has 1 aromatic heterocycles. The van der Waals surface area contributed by atoms with Gasteiger partial charge >= 0.3 is 0 Å². The fourth-order valence-corrected chi connectivity index (χ4v) is 3.08. The number of halogens is 3. The molecule has 2 aromatic rings. The zero-order valence-electron chi connectivity index (χ0n) is 11.1. The molecule has 1 aliphatic heterocycles. The van der Waals surface area contributed by atoms with Crippen LogP contribution in [0.3, 0.4) is 0 Å².